The van der Waals surface area contributed by atoms with Crippen molar-refractivity contribution in [3.8, 4) is 21.8 Å². The highest BCUT2D eigenvalue weighted by molar-refractivity contribution is 7.13. The van der Waals surface area contributed by atoms with Crippen molar-refractivity contribution < 1.29 is 0 Å². The lowest BCUT2D eigenvalue weighted by atomic mass is 10.2. The summed E-state index contributed by atoms with van der Waals surface area (Å²) in [5, 5.41) is 3.08. The zero-order chi connectivity index (χ0) is 11.7. The summed E-state index contributed by atoms with van der Waals surface area (Å²) >= 11 is 1.64. The Morgan fingerprint density at radius 3 is 2.59 bits per heavy atom. The van der Waals surface area contributed by atoms with E-state index in [0.29, 0.717) is 0 Å². The van der Waals surface area contributed by atoms with E-state index in [0.717, 1.165) is 27.5 Å². The average molecular weight is 241 g/mol. The highest BCUT2D eigenvalue weighted by Gasteiger charge is 2.06. The molecule has 2 aromatic heterocycles. The average Bonchev–Trinajstić information content (AvgIpc) is 3.00. The van der Waals surface area contributed by atoms with E-state index in [4.69, 9.17) is 5.73 Å². The van der Waals surface area contributed by atoms with Crippen LogP contribution in [0.25, 0.3) is 21.8 Å². The molecule has 0 aliphatic rings. The van der Waals surface area contributed by atoms with Crippen molar-refractivity contribution >= 4 is 17.0 Å². The van der Waals surface area contributed by atoms with Crippen LogP contribution in [0.4, 0.5) is 5.69 Å². The molecule has 3 N–H and O–H groups in total. The molecule has 17 heavy (non-hydrogen) atoms. The molecule has 0 spiro atoms. The van der Waals surface area contributed by atoms with E-state index < -0.39 is 0 Å². The third kappa shape index (κ3) is 1.94. The van der Waals surface area contributed by atoms with E-state index in [9.17, 15) is 0 Å². The van der Waals surface area contributed by atoms with Crippen LogP contribution in [0.2, 0.25) is 0 Å². The number of nitrogen functional groups attached to an aromatic ring is 1. The number of H-pyrrole nitrogens is 1. The van der Waals surface area contributed by atoms with Crippen LogP contribution in [-0.2, 0) is 0 Å². The predicted octanol–water partition coefficient (Wildman–Crippen LogP) is 3.39. The molecule has 1 aromatic carbocycles. The Morgan fingerprint density at radius 1 is 1.06 bits per heavy atom. The van der Waals surface area contributed by atoms with E-state index in [1.165, 1.54) is 0 Å². The molecule has 0 saturated carbocycles. The monoisotopic (exact) mass is 241 g/mol. The van der Waals surface area contributed by atoms with Gasteiger partial charge < -0.3 is 10.7 Å². The Morgan fingerprint density at radius 2 is 1.88 bits per heavy atom. The second-order valence-electron chi connectivity index (χ2n) is 3.76. The first kappa shape index (κ1) is 10.1. The summed E-state index contributed by atoms with van der Waals surface area (Å²) in [7, 11) is 0. The van der Waals surface area contributed by atoms with Crippen molar-refractivity contribution in [2.45, 2.75) is 0 Å². The molecule has 3 nitrogen and oxygen atoms in total. The van der Waals surface area contributed by atoms with Gasteiger partial charge in [-0.2, -0.15) is 0 Å². The Hall–Kier alpha value is -2.07. The Kier molecular flexibility index (Phi) is 2.42. The summed E-state index contributed by atoms with van der Waals surface area (Å²) in [6.07, 6.45) is 3.85. The SMILES string of the molecule is Nc1ccc(-c2nc(-c3cc[nH]c3)cs2)cc1. The maximum Gasteiger partial charge on any atom is 0.124 e. The van der Waals surface area contributed by atoms with Gasteiger partial charge in [-0.25, -0.2) is 4.98 Å². The Bertz CT molecular complexity index is 608. The highest BCUT2D eigenvalue weighted by Crippen LogP contribution is 2.28. The number of nitrogens with zero attached hydrogens (tertiary/aromatic N) is 1. The molecule has 0 radical (unpaired) electrons. The van der Waals surface area contributed by atoms with Gasteiger partial charge in [-0.05, 0) is 30.3 Å². The number of hydrogen-bond donors (Lipinski definition) is 2. The Labute approximate surface area is 103 Å². The smallest absolute Gasteiger partial charge is 0.124 e. The molecule has 2 heterocycles. The fourth-order valence-electron chi connectivity index (χ4n) is 1.65. The van der Waals surface area contributed by atoms with Crippen LogP contribution in [0.1, 0.15) is 0 Å². The summed E-state index contributed by atoms with van der Waals surface area (Å²) in [6.45, 7) is 0. The van der Waals surface area contributed by atoms with Gasteiger partial charge in [0.25, 0.3) is 0 Å². The van der Waals surface area contributed by atoms with Crippen LogP contribution in [0.5, 0.6) is 0 Å². The van der Waals surface area contributed by atoms with E-state index in [1.54, 1.807) is 11.3 Å². The number of thiazole rings is 1. The summed E-state index contributed by atoms with van der Waals surface area (Å²) in [6, 6.07) is 9.80. The molecule has 3 rings (SSSR count). The molecule has 0 saturated heterocycles. The standard InChI is InChI=1S/C13H11N3S/c14-11-3-1-9(2-4-11)13-16-12(8-17-13)10-5-6-15-7-10/h1-8,15H,14H2. The lowest BCUT2D eigenvalue weighted by Crippen LogP contribution is -1.83. The first-order valence-corrected chi connectivity index (χ1v) is 6.15. The van der Waals surface area contributed by atoms with Gasteiger partial charge in [0.05, 0.1) is 5.69 Å². The van der Waals surface area contributed by atoms with Gasteiger partial charge in [0.2, 0.25) is 0 Å². The van der Waals surface area contributed by atoms with Crippen molar-refractivity contribution in [2.75, 3.05) is 5.73 Å². The number of rotatable bonds is 2. The topological polar surface area (TPSA) is 54.7 Å². The summed E-state index contributed by atoms with van der Waals surface area (Å²) in [5.74, 6) is 0. The van der Waals surface area contributed by atoms with Crippen LogP contribution >= 0.6 is 11.3 Å². The van der Waals surface area contributed by atoms with Crippen LogP contribution in [0.15, 0.2) is 48.1 Å². The van der Waals surface area contributed by atoms with Crippen LogP contribution in [0, 0.1) is 0 Å². The van der Waals surface area contributed by atoms with E-state index >= 15 is 0 Å². The quantitative estimate of drug-likeness (QED) is 0.676. The third-order valence-electron chi connectivity index (χ3n) is 2.56. The van der Waals surface area contributed by atoms with Crippen molar-refractivity contribution in [3.63, 3.8) is 0 Å². The van der Waals surface area contributed by atoms with Crippen molar-refractivity contribution in [1.82, 2.24) is 9.97 Å². The zero-order valence-electron chi connectivity index (χ0n) is 9.05. The normalized spacial score (nSPS) is 10.6. The Balaban J connectivity index is 1.98. The first-order chi connectivity index (χ1) is 8.33. The summed E-state index contributed by atoms with van der Waals surface area (Å²) < 4.78 is 0. The molecule has 0 aliphatic heterocycles. The van der Waals surface area contributed by atoms with Gasteiger partial charge >= 0.3 is 0 Å². The van der Waals surface area contributed by atoms with Gasteiger partial charge in [0, 0.05) is 34.6 Å². The largest absolute Gasteiger partial charge is 0.399 e. The van der Waals surface area contributed by atoms with E-state index in [2.05, 4.69) is 15.3 Å². The zero-order valence-corrected chi connectivity index (χ0v) is 9.87. The molecule has 4 heteroatoms. The number of hydrogen-bond acceptors (Lipinski definition) is 3. The van der Waals surface area contributed by atoms with Crippen LogP contribution in [-0.4, -0.2) is 9.97 Å². The number of anilines is 1. The van der Waals surface area contributed by atoms with Gasteiger partial charge in [0.1, 0.15) is 5.01 Å². The number of aromatic amines is 1. The molecule has 0 atom stereocenters. The molecular weight excluding hydrogens is 230 g/mol. The molecule has 0 fully saturated rings. The second kappa shape index (κ2) is 4.07. The molecule has 3 aromatic rings. The van der Waals surface area contributed by atoms with Gasteiger partial charge in [-0.3, -0.25) is 0 Å². The second-order valence-corrected chi connectivity index (χ2v) is 4.62. The van der Waals surface area contributed by atoms with Crippen LogP contribution < -0.4 is 5.73 Å². The minimum atomic E-state index is 0.774. The lowest BCUT2D eigenvalue weighted by molar-refractivity contribution is 1.38. The van der Waals surface area contributed by atoms with Crippen LogP contribution in [0.3, 0.4) is 0 Å². The van der Waals surface area contributed by atoms with Gasteiger partial charge in [-0.1, -0.05) is 0 Å². The predicted molar refractivity (Wildman–Crippen MR) is 71.7 cm³/mol. The molecule has 0 amide bonds. The fourth-order valence-corrected chi connectivity index (χ4v) is 2.48. The molecule has 0 bridgehead atoms. The van der Waals surface area contributed by atoms with Crippen molar-refractivity contribution in [3.05, 3.63) is 48.1 Å². The van der Waals surface area contributed by atoms with E-state index in [1.807, 2.05) is 42.7 Å². The number of nitrogens with one attached hydrogen (secondary N) is 1. The summed E-state index contributed by atoms with van der Waals surface area (Å²) in [4.78, 5) is 7.64. The van der Waals surface area contributed by atoms with Gasteiger partial charge in [0.15, 0.2) is 0 Å². The molecule has 84 valence electrons. The number of benzene rings is 1. The van der Waals surface area contributed by atoms with Gasteiger partial charge in [-0.15, -0.1) is 11.3 Å². The summed E-state index contributed by atoms with van der Waals surface area (Å²) in [5.41, 5.74) is 9.66. The lowest BCUT2D eigenvalue weighted by Gasteiger charge is -1.96. The molecule has 0 unspecified atom stereocenters. The third-order valence-corrected chi connectivity index (χ3v) is 3.45. The molecule has 0 aliphatic carbocycles. The first-order valence-electron chi connectivity index (χ1n) is 5.27. The van der Waals surface area contributed by atoms with E-state index in [-0.39, 0.29) is 0 Å². The maximum atomic E-state index is 5.67. The number of nitrogens with two attached hydrogens (primary N) is 1. The molecular formula is C13H11N3S. The number of aromatic nitrogens is 2. The van der Waals surface area contributed by atoms with Crippen molar-refractivity contribution in [1.29, 1.82) is 0 Å². The fraction of sp³-hybridized carbons (Fsp3) is 0. The highest BCUT2D eigenvalue weighted by atomic mass is 32.1. The van der Waals surface area contributed by atoms with Crippen molar-refractivity contribution in [2.24, 2.45) is 0 Å². The minimum absolute atomic E-state index is 0.774. The minimum Gasteiger partial charge on any atom is -0.399 e. The maximum absolute atomic E-state index is 5.67.